The molecule has 0 heterocycles. The molecule has 0 amide bonds. The molecule has 0 saturated carbocycles. The fourth-order valence-corrected chi connectivity index (χ4v) is 2.28. The molecule has 0 radical (unpaired) electrons. The van der Waals surface area contributed by atoms with Crippen molar-refractivity contribution in [1.82, 2.24) is 0 Å². The Hall–Kier alpha value is -1.79. The van der Waals surface area contributed by atoms with E-state index < -0.39 is 0 Å². The summed E-state index contributed by atoms with van der Waals surface area (Å²) < 4.78 is 6.73. The predicted molar refractivity (Wildman–Crippen MR) is 79.5 cm³/mol. The minimum absolute atomic E-state index is 0.397. The Kier molecular flexibility index (Phi) is 4.24. The fraction of sp³-hybridized carbons (Fsp3) is 0.188. The quantitative estimate of drug-likeness (QED) is 0.776. The van der Waals surface area contributed by atoms with Crippen LogP contribution >= 0.6 is 15.9 Å². The molecule has 2 rings (SSSR count). The zero-order valence-electron chi connectivity index (χ0n) is 10.9. The van der Waals surface area contributed by atoms with Crippen LogP contribution in [0, 0.1) is 11.3 Å². The molecule has 0 aliphatic rings. The van der Waals surface area contributed by atoms with Gasteiger partial charge in [0.15, 0.2) is 0 Å². The van der Waals surface area contributed by atoms with Crippen molar-refractivity contribution in [1.29, 1.82) is 5.26 Å². The number of nitriles is 1. The molecule has 2 nitrogen and oxygen atoms in total. The number of para-hydroxylation sites is 1. The predicted octanol–water partition coefficient (Wildman–Crippen LogP) is 5.24. The number of nitrogens with zero attached hydrogens (tertiary/aromatic N) is 1. The van der Waals surface area contributed by atoms with Crippen molar-refractivity contribution in [2.24, 2.45) is 0 Å². The first-order valence-electron chi connectivity index (χ1n) is 6.08. The number of hydrogen-bond acceptors (Lipinski definition) is 2. The summed E-state index contributed by atoms with van der Waals surface area (Å²) in [5.41, 5.74) is 1.77. The van der Waals surface area contributed by atoms with Crippen LogP contribution in [0.25, 0.3) is 0 Å². The van der Waals surface area contributed by atoms with Gasteiger partial charge >= 0.3 is 0 Å². The molecular formula is C16H14BrNO. The lowest BCUT2D eigenvalue weighted by Gasteiger charge is -2.14. The molecule has 3 heteroatoms. The van der Waals surface area contributed by atoms with Gasteiger partial charge in [0, 0.05) is 0 Å². The maximum atomic E-state index is 8.85. The van der Waals surface area contributed by atoms with Gasteiger partial charge < -0.3 is 4.74 Å². The van der Waals surface area contributed by atoms with Gasteiger partial charge in [0.05, 0.1) is 16.1 Å². The normalized spacial score (nSPS) is 10.3. The molecular weight excluding hydrogens is 302 g/mol. The molecule has 0 bridgehead atoms. The summed E-state index contributed by atoms with van der Waals surface area (Å²) in [5, 5.41) is 8.85. The third kappa shape index (κ3) is 3.15. The van der Waals surface area contributed by atoms with Gasteiger partial charge in [-0.2, -0.15) is 5.26 Å². The molecule has 0 aromatic heterocycles. The van der Waals surface area contributed by atoms with Crippen LogP contribution in [0.1, 0.15) is 30.9 Å². The lowest BCUT2D eigenvalue weighted by atomic mass is 10.0. The summed E-state index contributed by atoms with van der Waals surface area (Å²) in [6.07, 6.45) is 0. The summed E-state index contributed by atoms with van der Waals surface area (Å²) in [6.45, 7) is 4.27. The van der Waals surface area contributed by atoms with Gasteiger partial charge in [-0.05, 0) is 51.7 Å². The highest BCUT2D eigenvalue weighted by molar-refractivity contribution is 9.10. The second-order valence-electron chi connectivity index (χ2n) is 4.55. The first-order valence-corrected chi connectivity index (χ1v) is 6.87. The molecule has 2 aromatic rings. The largest absolute Gasteiger partial charge is 0.456 e. The Bertz CT molecular complexity index is 629. The number of rotatable bonds is 3. The van der Waals surface area contributed by atoms with Gasteiger partial charge in [-0.15, -0.1) is 0 Å². The van der Waals surface area contributed by atoms with Gasteiger partial charge in [0.2, 0.25) is 0 Å². The molecule has 2 aromatic carbocycles. The van der Waals surface area contributed by atoms with Crippen molar-refractivity contribution < 1.29 is 4.74 Å². The van der Waals surface area contributed by atoms with E-state index >= 15 is 0 Å². The van der Waals surface area contributed by atoms with Crippen molar-refractivity contribution >= 4 is 15.9 Å². The molecule has 19 heavy (non-hydrogen) atoms. The smallest absolute Gasteiger partial charge is 0.141 e. The van der Waals surface area contributed by atoms with Crippen LogP contribution in [-0.2, 0) is 0 Å². The standard InChI is InChI=1S/C16H14BrNO/c1-11(2)13-5-3-4-6-15(13)19-16-8-7-12(10-18)9-14(16)17/h3-9,11H,1-2H3. The van der Waals surface area contributed by atoms with Gasteiger partial charge in [0.1, 0.15) is 11.5 Å². The van der Waals surface area contributed by atoms with Gasteiger partial charge in [-0.25, -0.2) is 0 Å². The monoisotopic (exact) mass is 315 g/mol. The van der Waals surface area contributed by atoms with Crippen LogP contribution in [0.4, 0.5) is 0 Å². The number of hydrogen-bond donors (Lipinski definition) is 0. The van der Waals surface area contributed by atoms with Crippen molar-refractivity contribution in [2.75, 3.05) is 0 Å². The molecule has 0 aliphatic heterocycles. The Balaban J connectivity index is 2.34. The SMILES string of the molecule is CC(C)c1ccccc1Oc1ccc(C#N)cc1Br. The third-order valence-corrected chi connectivity index (χ3v) is 3.44. The van der Waals surface area contributed by atoms with E-state index in [4.69, 9.17) is 10.00 Å². The second-order valence-corrected chi connectivity index (χ2v) is 5.41. The summed E-state index contributed by atoms with van der Waals surface area (Å²) in [7, 11) is 0. The second kappa shape index (κ2) is 5.90. The summed E-state index contributed by atoms with van der Waals surface area (Å²) in [5.74, 6) is 1.96. The summed E-state index contributed by atoms with van der Waals surface area (Å²) >= 11 is 3.43. The molecule has 96 valence electrons. The highest BCUT2D eigenvalue weighted by Crippen LogP contribution is 2.34. The number of ether oxygens (including phenoxy) is 1. The third-order valence-electron chi connectivity index (χ3n) is 2.82. The highest BCUT2D eigenvalue weighted by Gasteiger charge is 2.10. The van der Waals surface area contributed by atoms with Gasteiger partial charge in [0.25, 0.3) is 0 Å². The van der Waals surface area contributed by atoms with Crippen molar-refractivity contribution in [3.8, 4) is 17.6 Å². The number of halogens is 1. The Morgan fingerprint density at radius 1 is 1.11 bits per heavy atom. The van der Waals surface area contributed by atoms with Crippen LogP contribution in [0.5, 0.6) is 11.5 Å². The molecule has 0 unspecified atom stereocenters. The van der Waals surface area contributed by atoms with Gasteiger partial charge in [-0.1, -0.05) is 32.0 Å². The summed E-state index contributed by atoms with van der Waals surface area (Å²) in [6, 6.07) is 15.4. The Morgan fingerprint density at radius 3 is 2.47 bits per heavy atom. The van der Waals surface area contributed by atoms with Crippen LogP contribution in [0.2, 0.25) is 0 Å². The van der Waals surface area contributed by atoms with Gasteiger partial charge in [-0.3, -0.25) is 0 Å². The lowest BCUT2D eigenvalue weighted by molar-refractivity contribution is 0.470. The van der Waals surface area contributed by atoms with Crippen molar-refractivity contribution in [2.45, 2.75) is 19.8 Å². The van der Waals surface area contributed by atoms with E-state index in [2.05, 4.69) is 41.9 Å². The van der Waals surface area contributed by atoms with E-state index in [9.17, 15) is 0 Å². The molecule has 0 spiro atoms. The maximum Gasteiger partial charge on any atom is 0.141 e. The number of benzene rings is 2. The fourth-order valence-electron chi connectivity index (χ4n) is 1.82. The summed E-state index contributed by atoms with van der Waals surface area (Å²) in [4.78, 5) is 0. The average molecular weight is 316 g/mol. The molecule has 0 fully saturated rings. The van der Waals surface area contributed by atoms with Crippen molar-refractivity contribution in [3.05, 3.63) is 58.1 Å². The average Bonchev–Trinajstić information content (AvgIpc) is 2.41. The minimum atomic E-state index is 0.397. The zero-order chi connectivity index (χ0) is 13.8. The zero-order valence-corrected chi connectivity index (χ0v) is 12.4. The first kappa shape index (κ1) is 13.6. The Labute approximate surface area is 121 Å². The molecule has 0 N–H and O–H groups in total. The van der Waals surface area contributed by atoms with Crippen LogP contribution in [-0.4, -0.2) is 0 Å². The molecule has 0 atom stereocenters. The van der Waals surface area contributed by atoms with Crippen LogP contribution in [0.3, 0.4) is 0 Å². The topological polar surface area (TPSA) is 33.0 Å². The highest BCUT2D eigenvalue weighted by atomic mass is 79.9. The van der Waals surface area contributed by atoms with E-state index in [0.29, 0.717) is 17.2 Å². The van der Waals surface area contributed by atoms with E-state index in [1.54, 1.807) is 18.2 Å². The lowest BCUT2D eigenvalue weighted by Crippen LogP contribution is -1.94. The minimum Gasteiger partial charge on any atom is -0.456 e. The van der Waals surface area contributed by atoms with E-state index in [1.807, 2.05) is 18.2 Å². The van der Waals surface area contributed by atoms with E-state index in [-0.39, 0.29) is 0 Å². The Morgan fingerprint density at radius 2 is 1.84 bits per heavy atom. The van der Waals surface area contributed by atoms with Crippen molar-refractivity contribution in [3.63, 3.8) is 0 Å². The van der Waals surface area contributed by atoms with E-state index in [0.717, 1.165) is 10.2 Å². The molecule has 0 saturated heterocycles. The maximum absolute atomic E-state index is 8.85. The first-order chi connectivity index (χ1) is 9.11. The van der Waals surface area contributed by atoms with Crippen LogP contribution < -0.4 is 4.74 Å². The van der Waals surface area contributed by atoms with E-state index in [1.165, 1.54) is 5.56 Å². The van der Waals surface area contributed by atoms with Crippen LogP contribution in [0.15, 0.2) is 46.9 Å². The molecule has 0 aliphatic carbocycles.